The second kappa shape index (κ2) is 9.21. The zero-order valence-electron chi connectivity index (χ0n) is 18.6. The first kappa shape index (κ1) is 22.6. The molecule has 2 fully saturated rings. The lowest BCUT2D eigenvalue weighted by atomic mass is 10.3. The summed E-state index contributed by atoms with van der Waals surface area (Å²) in [6.45, 7) is 8.17. The number of benzene rings is 1. The van der Waals surface area contributed by atoms with Crippen LogP contribution in [0.25, 0.3) is 0 Å². The van der Waals surface area contributed by atoms with Crippen LogP contribution in [0.2, 0.25) is 0 Å². The number of hydrogen-bond acceptors (Lipinski definition) is 7. The van der Waals surface area contributed by atoms with Crippen molar-refractivity contribution in [3.05, 3.63) is 41.4 Å². The Morgan fingerprint density at radius 2 is 1.85 bits per heavy atom. The average molecular weight is 492 g/mol. The normalized spacial score (nSPS) is 19.9. The van der Waals surface area contributed by atoms with Crippen molar-refractivity contribution in [3.63, 3.8) is 0 Å². The number of fused-ring (bicyclic) bond motifs is 1. The third-order valence-electron chi connectivity index (χ3n) is 6.23. The fourth-order valence-electron chi connectivity index (χ4n) is 4.25. The van der Waals surface area contributed by atoms with E-state index in [4.69, 9.17) is 26.8 Å². The van der Waals surface area contributed by atoms with Gasteiger partial charge in [0.15, 0.2) is 16.3 Å². The summed E-state index contributed by atoms with van der Waals surface area (Å²) in [7, 11) is -3.61. The van der Waals surface area contributed by atoms with Crippen molar-refractivity contribution in [2.75, 3.05) is 39.4 Å². The molecule has 2 aromatic rings. The maximum absolute atomic E-state index is 13.2. The van der Waals surface area contributed by atoms with Crippen LogP contribution >= 0.6 is 12.2 Å². The molecule has 0 spiro atoms. The van der Waals surface area contributed by atoms with Gasteiger partial charge < -0.3 is 9.47 Å². The molecule has 5 rings (SSSR count). The van der Waals surface area contributed by atoms with Crippen LogP contribution in [-0.4, -0.2) is 71.4 Å². The lowest BCUT2D eigenvalue weighted by Gasteiger charge is -2.33. The first-order valence-electron chi connectivity index (χ1n) is 11.4. The number of ether oxygens (including phenoxy) is 2. The summed E-state index contributed by atoms with van der Waals surface area (Å²) >= 11 is 5.66. The van der Waals surface area contributed by atoms with Gasteiger partial charge in [-0.25, -0.2) is 13.1 Å². The minimum absolute atomic E-state index is 0.236. The van der Waals surface area contributed by atoms with Crippen molar-refractivity contribution >= 4 is 22.2 Å². The standard InChI is InChI=1S/C22H29N5O4S2/c1-2-8-26-21(17-4-5-17)23-27(22(26)32)16-24-9-11-25(12-10-24)33(28,29)18-6-7-19-20(15-18)31-14-3-13-30-19/h2,6-7,15,17H,1,3-5,8-14,16H2. The van der Waals surface area contributed by atoms with Gasteiger partial charge >= 0.3 is 0 Å². The molecule has 2 aliphatic heterocycles. The fourth-order valence-corrected chi connectivity index (χ4v) is 5.95. The molecule has 11 heteroatoms. The van der Waals surface area contributed by atoms with E-state index in [2.05, 4.69) is 16.0 Å². The topological polar surface area (TPSA) is 81.8 Å². The van der Waals surface area contributed by atoms with Gasteiger partial charge in [0, 0.05) is 51.1 Å². The summed E-state index contributed by atoms with van der Waals surface area (Å²) in [5, 5.41) is 4.78. The summed E-state index contributed by atoms with van der Waals surface area (Å²) in [4.78, 5) is 2.43. The Balaban J connectivity index is 1.26. The van der Waals surface area contributed by atoms with Gasteiger partial charge in [0.25, 0.3) is 0 Å². The lowest BCUT2D eigenvalue weighted by Crippen LogP contribution is -2.48. The molecule has 0 radical (unpaired) electrons. The van der Waals surface area contributed by atoms with Crippen molar-refractivity contribution in [2.24, 2.45) is 0 Å². The van der Waals surface area contributed by atoms with Gasteiger partial charge in [-0.1, -0.05) is 6.08 Å². The largest absolute Gasteiger partial charge is 0.490 e. The number of hydrogen-bond donors (Lipinski definition) is 0. The Bertz CT molecular complexity index is 1190. The minimum Gasteiger partial charge on any atom is -0.490 e. The van der Waals surface area contributed by atoms with Crippen LogP contribution in [0.3, 0.4) is 0 Å². The molecule has 178 valence electrons. The number of piperazine rings is 1. The quantitative estimate of drug-likeness (QED) is 0.435. The zero-order valence-corrected chi connectivity index (χ0v) is 20.2. The van der Waals surface area contributed by atoms with Crippen LogP contribution < -0.4 is 9.47 Å². The van der Waals surface area contributed by atoms with Crippen molar-refractivity contribution in [2.45, 2.75) is 43.3 Å². The molecule has 9 nitrogen and oxygen atoms in total. The molecule has 3 aliphatic rings. The van der Waals surface area contributed by atoms with Gasteiger partial charge in [0.1, 0.15) is 5.82 Å². The first-order chi connectivity index (χ1) is 16.0. The third-order valence-corrected chi connectivity index (χ3v) is 8.55. The van der Waals surface area contributed by atoms with E-state index in [1.165, 1.54) is 4.31 Å². The molecule has 0 unspecified atom stereocenters. The first-order valence-corrected chi connectivity index (χ1v) is 13.2. The highest BCUT2D eigenvalue weighted by Crippen LogP contribution is 2.39. The summed E-state index contributed by atoms with van der Waals surface area (Å²) in [5.41, 5.74) is 0. The fraction of sp³-hybridized carbons (Fsp3) is 0.545. The second-order valence-corrected chi connectivity index (χ2v) is 10.9. The van der Waals surface area contributed by atoms with Gasteiger partial charge in [-0.3, -0.25) is 9.47 Å². The van der Waals surface area contributed by atoms with E-state index < -0.39 is 10.0 Å². The van der Waals surface area contributed by atoms with Gasteiger partial charge in [0.2, 0.25) is 10.0 Å². The monoisotopic (exact) mass is 491 g/mol. The van der Waals surface area contributed by atoms with Gasteiger partial charge in [-0.2, -0.15) is 9.40 Å². The second-order valence-electron chi connectivity index (χ2n) is 8.64. The number of rotatable bonds is 7. The Morgan fingerprint density at radius 3 is 2.55 bits per heavy atom. The SMILES string of the molecule is C=CCn1c(C2CC2)nn(CN2CCN(S(=O)(=O)c3ccc4c(c3)OCCCO4)CC2)c1=S. The van der Waals surface area contributed by atoms with E-state index in [0.717, 1.165) is 25.1 Å². The predicted octanol–water partition coefficient (Wildman–Crippen LogP) is 2.60. The van der Waals surface area contributed by atoms with Crippen molar-refractivity contribution < 1.29 is 17.9 Å². The molecule has 0 atom stereocenters. The van der Waals surface area contributed by atoms with Crippen LogP contribution in [0.4, 0.5) is 0 Å². The number of aromatic nitrogens is 3. The predicted molar refractivity (Wildman–Crippen MR) is 126 cm³/mol. The van der Waals surface area contributed by atoms with E-state index in [9.17, 15) is 8.42 Å². The van der Waals surface area contributed by atoms with Crippen LogP contribution in [0.15, 0.2) is 35.7 Å². The van der Waals surface area contributed by atoms with E-state index in [1.807, 2.05) is 10.8 Å². The molecule has 1 aromatic heterocycles. The van der Waals surface area contributed by atoms with Gasteiger partial charge in [-0.05, 0) is 37.2 Å². The molecule has 1 saturated heterocycles. The van der Waals surface area contributed by atoms with Crippen molar-refractivity contribution in [3.8, 4) is 11.5 Å². The highest BCUT2D eigenvalue weighted by atomic mass is 32.2. The Morgan fingerprint density at radius 1 is 1.12 bits per heavy atom. The number of allylic oxidation sites excluding steroid dienone is 1. The Labute approximate surface area is 199 Å². The number of sulfonamides is 1. The van der Waals surface area contributed by atoms with E-state index in [0.29, 0.717) is 74.8 Å². The van der Waals surface area contributed by atoms with Gasteiger partial charge in [0.05, 0.1) is 24.8 Å². The van der Waals surface area contributed by atoms with Crippen molar-refractivity contribution in [1.29, 1.82) is 0 Å². The molecular weight excluding hydrogens is 462 g/mol. The van der Waals surface area contributed by atoms with Crippen LogP contribution in [-0.2, 0) is 23.2 Å². The van der Waals surface area contributed by atoms with Crippen molar-refractivity contribution in [1.82, 2.24) is 23.6 Å². The molecule has 0 amide bonds. The lowest BCUT2D eigenvalue weighted by molar-refractivity contribution is 0.144. The molecular formula is C22H29N5O4S2. The van der Waals surface area contributed by atoms with Crippen LogP contribution in [0, 0.1) is 4.77 Å². The molecule has 1 aliphatic carbocycles. The maximum atomic E-state index is 13.2. The third kappa shape index (κ3) is 4.59. The molecule has 3 heterocycles. The molecule has 0 bridgehead atoms. The molecule has 33 heavy (non-hydrogen) atoms. The molecule has 1 aromatic carbocycles. The Kier molecular flexibility index (Phi) is 6.30. The molecule has 1 saturated carbocycles. The summed E-state index contributed by atoms with van der Waals surface area (Å²) in [5.74, 6) is 2.61. The summed E-state index contributed by atoms with van der Waals surface area (Å²) in [6, 6.07) is 4.86. The minimum atomic E-state index is -3.61. The Hall–Kier alpha value is -2.21. The highest BCUT2D eigenvalue weighted by molar-refractivity contribution is 7.89. The van der Waals surface area contributed by atoms with E-state index in [1.54, 1.807) is 18.2 Å². The average Bonchev–Trinajstić information content (AvgIpc) is 3.64. The number of nitrogens with zero attached hydrogens (tertiary/aromatic N) is 5. The van der Waals surface area contributed by atoms with E-state index in [-0.39, 0.29) is 4.90 Å². The molecule has 0 N–H and O–H groups in total. The van der Waals surface area contributed by atoms with Crippen LogP contribution in [0.5, 0.6) is 11.5 Å². The van der Waals surface area contributed by atoms with Crippen LogP contribution in [0.1, 0.15) is 31.0 Å². The smallest absolute Gasteiger partial charge is 0.243 e. The van der Waals surface area contributed by atoms with E-state index >= 15 is 0 Å². The maximum Gasteiger partial charge on any atom is 0.243 e. The zero-order chi connectivity index (χ0) is 23.0. The van der Waals surface area contributed by atoms with Gasteiger partial charge in [-0.15, -0.1) is 6.58 Å². The summed E-state index contributed by atoms with van der Waals surface area (Å²) < 4.78 is 43.9. The summed E-state index contributed by atoms with van der Waals surface area (Å²) in [6.07, 6.45) is 4.92. The highest BCUT2D eigenvalue weighted by Gasteiger charge is 2.32.